The molecule has 0 spiro atoms. The standard InChI is InChI=1S/C16H26O2Si/c1-15(2,3)19(4,5)18-16(11-14(16)12-17)13-9-7-6-8-10-13/h6-10,14,17H,11-12H2,1-5H3/t14-,16-/m1/s1. The quantitative estimate of drug-likeness (QED) is 0.846. The van der Waals surface area contributed by atoms with E-state index in [0.29, 0.717) is 0 Å². The average Bonchev–Trinajstić information content (AvgIpc) is 3.03. The molecule has 1 fully saturated rings. The molecular weight excluding hydrogens is 252 g/mol. The third-order valence-electron chi connectivity index (χ3n) is 4.78. The molecule has 3 heteroatoms. The van der Waals surface area contributed by atoms with Crippen LogP contribution >= 0.6 is 0 Å². The van der Waals surface area contributed by atoms with Gasteiger partial charge < -0.3 is 9.53 Å². The van der Waals surface area contributed by atoms with Crippen molar-refractivity contribution >= 4 is 8.32 Å². The van der Waals surface area contributed by atoms with Crippen LogP contribution in [0.4, 0.5) is 0 Å². The Labute approximate surface area is 117 Å². The lowest BCUT2D eigenvalue weighted by Gasteiger charge is -2.40. The third kappa shape index (κ3) is 2.64. The molecule has 0 radical (unpaired) electrons. The molecule has 0 saturated heterocycles. The zero-order valence-corrected chi connectivity index (χ0v) is 13.7. The van der Waals surface area contributed by atoms with Gasteiger partial charge in [0.1, 0.15) is 0 Å². The summed E-state index contributed by atoms with van der Waals surface area (Å²) >= 11 is 0. The summed E-state index contributed by atoms with van der Waals surface area (Å²) < 4.78 is 6.67. The van der Waals surface area contributed by atoms with Gasteiger partial charge in [-0.3, -0.25) is 0 Å². The van der Waals surface area contributed by atoms with Crippen LogP contribution in [-0.2, 0) is 10.0 Å². The van der Waals surface area contributed by atoms with Crippen LogP contribution in [-0.4, -0.2) is 20.0 Å². The van der Waals surface area contributed by atoms with Gasteiger partial charge in [0.25, 0.3) is 0 Å². The molecule has 2 nitrogen and oxygen atoms in total. The van der Waals surface area contributed by atoms with Gasteiger partial charge in [0.05, 0.1) is 5.60 Å². The van der Waals surface area contributed by atoms with Crippen molar-refractivity contribution in [3.63, 3.8) is 0 Å². The van der Waals surface area contributed by atoms with E-state index in [-0.39, 0.29) is 23.2 Å². The summed E-state index contributed by atoms with van der Waals surface area (Å²) in [5.74, 6) is 0.254. The van der Waals surface area contributed by atoms with E-state index in [4.69, 9.17) is 4.43 Å². The Morgan fingerprint density at radius 2 is 1.84 bits per heavy atom. The SMILES string of the molecule is CC(C)(C)[Si](C)(C)O[C@@]1(c2ccccc2)C[C@@H]1CO. The zero-order chi connectivity index (χ0) is 14.3. The highest BCUT2D eigenvalue weighted by Gasteiger charge is 2.59. The van der Waals surface area contributed by atoms with Gasteiger partial charge in [0.15, 0.2) is 8.32 Å². The largest absolute Gasteiger partial charge is 0.407 e. The maximum Gasteiger partial charge on any atom is 0.193 e. The lowest BCUT2D eigenvalue weighted by molar-refractivity contribution is 0.120. The van der Waals surface area contributed by atoms with Gasteiger partial charge >= 0.3 is 0 Å². The molecule has 106 valence electrons. The number of benzene rings is 1. The molecule has 0 amide bonds. The van der Waals surface area contributed by atoms with E-state index >= 15 is 0 Å². The van der Waals surface area contributed by atoms with Crippen LogP contribution in [0.25, 0.3) is 0 Å². The van der Waals surface area contributed by atoms with Crippen LogP contribution in [0.5, 0.6) is 0 Å². The van der Waals surface area contributed by atoms with Gasteiger partial charge in [0, 0.05) is 12.5 Å². The molecule has 1 N–H and O–H groups in total. The topological polar surface area (TPSA) is 29.5 Å². The average molecular weight is 278 g/mol. The maximum atomic E-state index is 9.54. The van der Waals surface area contributed by atoms with Crippen LogP contribution in [0, 0.1) is 5.92 Å². The Kier molecular flexibility index (Phi) is 3.67. The highest BCUT2D eigenvalue weighted by Crippen LogP contribution is 2.58. The second-order valence-corrected chi connectivity index (χ2v) is 11.9. The predicted octanol–water partition coefficient (Wildman–Crippen LogP) is 3.92. The molecular formula is C16H26O2Si. The number of rotatable bonds is 4. The van der Waals surface area contributed by atoms with Crippen LogP contribution in [0.3, 0.4) is 0 Å². The van der Waals surface area contributed by atoms with Crippen LogP contribution in [0.2, 0.25) is 18.1 Å². The van der Waals surface area contributed by atoms with Crippen molar-refractivity contribution in [1.29, 1.82) is 0 Å². The monoisotopic (exact) mass is 278 g/mol. The summed E-state index contributed by atoms with van der Waals surface area (Å²) in [6, 6.07) is 10.4. The van der Waals surface area contributed by atoms with E-state index in [0.717, 1.165) is 6.42 Å². The maximum absolute atomic E-state index is 9.54. The van der Waals surface area contributed by atoms with Crippen molar-refractivity contribution in [3.8, 4) is 0 Å². The van der Waals surface area contributed by atoms with E-state index in [1.54, 1.807) is 0 Å². The van der Waals surface area contributed by atoms with Gasteiger partial charge in [-0.25, -0.2) is 0 Å². The lowest BCUT2D eigenvalue weighted by Crippen LogP contribution is -2.44. The second-order valence-electron chi connectivity index (χ2n) is 7.20. The molecule has 0 unspecified atom stereocenters. The summed E-state index contributed by atoms with van der Waals surface area (Å²) in [5.41, 5.74) is 0.984. The molecule has 1 aliphatic rings. The number of hydrogen-bond donors (Lipinski definition) is 1. The highest BCUT2D eigenvalue weighted by atomic mass is 28.4. The minimum atomic E-state index is -1.83. The van der Waals surface area contributed by atoms with E-state index in [9.17, 15) is 5.11 Å². The smallest absolute Gasteiger partial charge is 0.193 e. The molecule has 1 aromatic rings. The van der Waals surface area contributed by atoms with Crippen molar-refractivity contribution in [2.75, 3.05) is 6.61 Å². The first-order valence-corrected chi connectivity index (χ1v) is 10.0. The molecule has 2 atom stereocenters. The minimum absolute atomic E-state index is 0.192. The third-order valence-corrected chi connectivity index (χ3v) is 9.26. The first kappa shape index (κ1) is 14.8. The molecule has 19 heavy (non-hydrogen) atoms. The molecule has 0 aromatic heterocycles. The summed E-state index contributed by atoms with van der Waals surface area (Å²) in [6.45, 7) is 11.6. The second kappa shape index (κ2) is 4.72. The van der Waals surface area contributed by atoms with E-state index < -0.39 is 8.32 Å². The zero-order valence-electron chi connectivity index (χ0n) is 12.7. The van der Waals surface area contributed by atoms with Crippen molar-refractivity contribution in [3.05, 3.63) is 35.9 Å². The first-order chi connectivity index (χ1) is 8.73. The van der Waals surface area contributed by atoms with Crippen molar-refractivity contribution in [2.24, 2.45) is 5.92 Å². The molecule has 0 aliphatic heterocycles. The van der Waals surface area contributed by atoms with Gasteiger partial charge in [0.2, 0.25) is 0 Å². The van der Waals surface area contributed by atoms with Gasteiger partial charge in [-0.1, -0.05) is 51.1 Å². The summed E-state index contributed by atoms with van der Waals surface area (Å²) in [7, 11) is -1.83. The Morgan fingerprint density at radius 1 is 1.26 bits per heavy atom. The van der Waals surface area contributed by atoms with Crippen LogP contribution < -0.4 is 0 Å². The molecule has 0 bridgehead atoms. The fourth-order valence-electron chi connectivity index (χ4n) is 2.39. The van der Waals surface area contributed by atoms with Gasteiger partial charge in [-0.15, -0.1) is 0 Å². The Morgan fingerprint density at radius 3 is 2.26 bits per heavy atom. The summed E-state index contributed by atoms with van der Waals surface area (Å²) in [4.78, 5) is 0. The van der Waals surface area contributed by atoms with Gasteiger partial charge in [-0.05, 0) is 30.1 Å². The van der Waals surface area contributed by atoms with Crippen molar-refractivity contribution in [1.82, 2.24) is 0 Å². The first-order valence-electron chi connectivity index (χ1n) is 7.09. The molecule has 1 saturated carbocycles. The van der Waals surface area contributed by atoms with Crippen LogP contribution in [0.15, 0.2) is 30.3 Å². The number of hydrogen-bond acceptors (Lipinski definition) is 2. The molecule has 1 aliphatic carbocycles. The normalized spacial score (nSPS) is 27.4. The predicted molar refractivity (Wildman–Crippen MR) is 81.6 cm³/mol. The van der Waals surface area contributed by atoms with E-state index in [1.807, 2.05) is 6.07 Å². The van der Waals surface area contributed by atoms with E-state index in [1.165, 1.54) is 5.56 Å². The number of aliphatic hydroxyl groups excluding tert-OH is 1. The Balaban J connectivity index is 2.29. The van der Waals surface area contributed by atoms with Crippen molar-refractivity contribution in [2.45, 2.75) is 50.9 Å². The van der Waals surface area contributed by atoms with Crippen molar-refractivity contribution < 1.29 is 9.53 Å². The fraction of sp³-hybridized carbons (Fsp3) is 0.625. The summed E-state index contributed by atoms with van der Waals surface area (Å²) in [6.07, 6.45) is 0.944. The fourth-order valence-corrected chi connectivity index (χ4v) is 3.97. The Bertz CT molecular complexity index is 436. The van der Waals surface area contributed by atoms with E-state index in [2.05, 4.69) is 58.1 Å². The number of aliphatic hydroxyl groups is 1. The minimum Gasteiger partial charge on any atom is -0.407 e. The van der Waals surface area contributed by atoms with Crippen LogP contribution in [0.1, 0.15) is 32.8 Å². The van der Waals surface area contributed by atoms with Gasteiger partial charge in [-0.2, -0.15) is 0 Å². The summed E-state index contributed by atoms with van der Waals surface area (Å²) in [5, 5.41) is 9.73. The highest BCUT2D eigenvalue weighted by molar-refractivity contribution is 6.74. The Hall–Kier alpha value is -0.643. The lowest BCUT2D eigenvalue weighted by atomic mass is 10.1. The molecule has 0 heterocycles. The molecule has 1 aromatic carbocycles. The molecule has 2 rings (SSSR count).